The normalized spacial score (nSPS) is 12.0. The Hall–Kier alpha value is -3.08. The second-order valence-electron chi connectivity index (χ2n) is 5.99. The SMILES string of the molecule is CCN(C)c1ncnc2sc3c(=O)n(-c4ccc(C(F)(F)F)nc4)cnc3c12. The molecule has 0 aliphatic heterocycles. The van der Waals surface area contributed by atoms with E-state index in [-0.39, 0.29) is 5.69 Å². The lowest BCUT2D eigenvalue weighted by atomic mass is 10.3. The van der Waals surface area contributed by atoms with Crippen molar-refractivity contribution in [2.24, 2.45) is 0 Å². The van der Waals surface area contributed by atoms with Gasteiger partial charge >= 0.3 is 6.18 Å². The summed E-state index contributed by atoms with van der Waals surface area (Å²) in [6.45, 7) is 2.68. The lowest BCUT2D eigenvalue weighted by Gasteiger charge is -2.15. The monoisotopic (exact) mass is 406 g/mol. The second-order valence-corrected chi connectivity index (χ2v) is 6.99. The van der Waals surface area contributed by atoms with Crippen molar-refractivity contribution in [3.63, 3.8) is 0 Å². The Balaban J connectivity index is 1.91. The quantitative estimate of drug-likeness (QED) is 0.520. The van der Waals surface area contributed by atoms with Gasteiger partial charge in [0.25, 0.3) is 5.56 Å². The third-order valence-electron chi connectivity index (χ3n) is 4.31. The molecule has 0 radical (unpaired) electrons. The molecule has 0 aliphatic carbocycles. The summed E-state index contributed by atoms with van der Waals surface area (Å²) in [5.74, 6) is 0.666. The van der Waals surface area contributed by atoms with Gasteiger partial charge in [-0.15, -0.1) is 11.3 Å². The first-order chi connectivity index (χ1) is 13.3. The summed E-state index contributed by atoms with van der Waals surface area (Å²) in [5.41, 5.74) is -0.763. The average Bonchev–Trinajstić information content (AvgIpc) is 3.07. The molecule has 11 heteroatoms. The van der Waals surface area contributed by atoms with E-state index >= 15 is 0 Å². The standard InChI is InChI=1S/C17H13F3N6OS/c1-3-25(2)14-11-12-13(28-15(11)23-7-22-14)16(27)26(8-24-12)9-4-5-10(21-6-9)17(18,19)20/h4-8H,3H2,1-2H3. The first-order valence-electron chi connectivity index (χ1n) is 8.21. The van der Waals surface area contributed by atoms with Gasteiger partial charge < -0.3 is 4.90 Å². The maximum Gasteiger partial charge on any atom is 0.433 e. The summed E-state index contributed by atoms with van der Waals surface area (Å²) in [6.07, 6.45) is -0.833. The lowest BCUT2D eigenvalue weighted by molar-refractivity contribution is -0.141. The molecule has 0 aliphatic rings. The predicted molar refractivity (Wildman–Crippen MR) is 100 cm³/mol. The number of nitrogens with zero attached hydrogens (tertiary/aromatic N) is 6. The minimum atomic E-state index is -4.54. The van der Waals surface area contributed by atoms with Crippen LogP contribution in [0, 0.1) is 0 Å². The topological polar surface area (TPSA) is 76.8 Å². The van der Waals surface area contributed by atoms with E-state index in [0.717, 1.165) is 12.3 Å². The first kappa shape index (κ1) is 18.3. The van der Waals surface area contributed by atoms with Crippen LogP contribution in [-0.4, -0.2) is 38.1 Å². The molecular formula is C17H13F3N6OS. The molecule has 0 saturated carbocycles. The minimum absolute atomic E-state index is 0.196. The van der Waals surface area contributed by atoms with Gasteiger partial charge in [-0.2, -0.15) is 13.2 Å². The fraction of sp³-hybridized carbons (Fsp3) is 0.235. The number of anilines is 1. The number of pyridine rings is 1. The molecule has 28 heavy (non-hydrogen) atoms. The molecule has 0 saturated heterocycles. The number of hydrogen-bond acceptors (Lipinski definition) is 7. The summed E-state index contributed by atoms with van der Waals surface area (Å²) >= 11 is 1.17. The second kappa shape index (κ2) is 6.51. The Labute approximate surface area is 160 Å². The lowest BCUT2D eigenvalue weighted by Crippen LogP contribution is -2.19. The van der Waals surface area contributed by atoms with E-state index in [2.05, 4.69) is 19.9 Å². The van der Waals surface area contributed by atoms with Crippen LogP contribution in [0.1, 0.15) is 12.6 Å². The summed E-state index contributed by atoms with van der Waals surface area (Å²) in [5, 5.41) is 0.682. The molecule has 0 atom stereocenters. The third-order valence-corrected chi connectivity index (χ3v) is 5.39. The summed E-state index contributed by atoms with van der Waals surface area (Å²) in [6, 6.07) is 2.02. The van der Waals surface area contributed by atoms with Crippen LogP contribution in [0.2, 0.25) is 0 Å². The van der Waals surface area contributed by atoms with Crippen LogP contribution in [0.3, 0.4) is 0 Å². The van der Waals surface area contributed by atoms with Crippen LogP contribution >= 0.6 is 11.3 Å². The predicted octanol–water partition coefficient (Wildman–Crippen LogP) is 3.26. The Morgan fingerprint density at radius 2 is 1.96 bits per heavy atom. The molecule has 4 rings (SSSR count). The van der Waals surface area contributed by atoms with Crippen molar-refractivity contribution in [3.8, 4) is 5.69 Å². The molecule has 4 aromatic rings. The van der Waals surface area contributed by atoms with Gasteiger partial charge in [0.05, 0.1) is 17.3 Å². The van der Waals surface area contributed by atoms with Crippen molar-refractivity contribution in [2.45, 2.75) is 13.1 Å². The Morgan fingerprint density at radius 1 is 1.18 bits per heavy atom. The molecule has 0 aromatic carbocycles. The largest absolute Gasteiger partial charge is 0.433 e. The molecule has 0 bridgehead atoms. The van der Waals surface area contributed by atoms with Crippen LogP contribution in [0.4, 0.5) is 19.0 Å². The highest BCUT2D eigenvalue weighted by Gasteiger charge is 2.32. The van der Waals surface area contributed by atoms with Crippen molar-refractivity contribution in [3.05, 3.63) is 47.0 Å². The highest BCUT2D eigenvalue weighted by molar-refractivity contribution is 7.25. The fourth-order valence-corrected chi connectivity index (χ4v) is 3.79. The number of aromatic nitrogens is 5. The Morgan fingerprint density at radius 3 is 2.61 bits per heavy atom. The third kappa shape index (κ3) is 2.87. The van der Waals surface area contributed by atoms with E-state index < -0.39 is 17.4 Å². The first-order valence-corrected chi connectivity index (χ1v) is 9.02. The minimum Gasteiger partial charge on any atom is -0.359 e. The maximum atomic E-state index is 13.0. The van der Waals surface area contributed by atoms with E-state index in [1.165, 1.54) is 34.6 Å². The number of fused-ring (bicyclic) bond motifs is 3. The van der Waals surface area contributed by atoms with Gasteiger partial charge in [-0.05, 0) is 19.1 Å². The van der Waals surface area contributed by atoms with Gasteiger partial charge in [0, 0.05) is 13.6 Å². The van der Waals surface area contributed by atoms with Gasteiger partial charge in [-0.25, -0.2) is 19.9 Å². The van der Waals surface area contributed by atoms with E-state index in [9.17, 15) is 18.0 Å². The van der Waals surface area contributed by atoms with Gasteiger partial charge in [0.1, 0.15) is 39.2 Å². The summed E-state index contributed by atoms with van der Waals surface area (Å²) in [4.78, 5) is 31.8. The van der Waals surface area contributed by atoms with E-state index in [4.69, 9.17) is 0 Å². The zero-order valence-corrected chi connectivity index (χ0v) is 15.5. The molecule has 0 fully saturated rings. The maximum absolute atomic E-state index is 13.0. The molecule has 4 aromatic heterocycles. The Kier molecular flexibility index (Phi) is 4.26. The number of rotatable bonds is 3. The van der Waals surface area contributed by atoms with Crippen LogP contribution in [0.15, 0.2) is 35.8 Å². The van der Waals surface area contributed by atoms with Crippen LogP contribution < -0.4 is 10.5 Å². The number of alkyl halides is 3. The molecule has 4 heterocycles. The molecule has 144 valence electrons. The summed E-state index contributed by atoms with van der Waals surface area (Å²) < 4.78 is 39.6. The molecule has 0 amide bonds. The molecular weight excluding hydrogens is 393 g/mol. The fourth-order valence-electron chi connectivity index (χ4n) is 2.77. The van der Waals surface area contributed by atoms with Crippen LogP contribution in [-0.2, 0) is 6.18 Å². The van der Waals surface area contributed by atoms with Crippen molar-refractivity contribution < 1.29 is 13.2 Å². The van der Waals surface area contributed by atoms with Crippen molar-refractivity contribution in [2.75, 3.05) is 18.5 Å². The zero-order valence-electron chi connectivity index (χ0n) is 14.7. The van der Waals surface area contributed by atoms with E-state index in [1.54, 1.807) is 0 Å². The van der Waals surface area contributed by atoms with E-state index in [1.807, 2.05) is 18.9 Å². The molecule has 0 spiro atoms. The average molecular weight is 406 g/mol. The molecule has 0 N–H and O–H groups in total. The number of halogens is 3. The van der Waals surface area contributed by atoms with E-state index in [0.29, 0.717) is 32.8 Å². The highest BCUT2D eigenvalue weighted by atomic mass is 32.1. The molecule has 0 unspecified atom stereocenters. The van der Waals surface area contributed by atoms with Gasteiger partial charge in [-0.3, -0.25) is 9.36 Å². The number of hydrogen-bond donors (Lipinski definition) is 0. The van der Waals surface area contributed by atoms with Gasteiger partial charge in [-0.1, -0.05) is 0 Å². The smallest absolute Gasteiger partial charge is 0.359 e. The van der Waals surface area contributed by atoms with Gasteiger partial charge in [0.15, 0.2) is 0 Å². The number of thiophene rings is 1. The molecule has 7 nitrogen and oxygen atoms in total. The summed E-state index contributed by atoms with van der Waals surface area (Å²) in [7, 11) is 1.88. The Bertz CT molecular complexity index is 1230. The van der Waals surface area contributed by atoms with Crippen molar-refractivity contribution in [1.82, 2.24) is 24.5 Å². The zero-order chi connectivity index (χ0) is 20.1. The van der Waals surface area contributed by atoms with Crippen LogP contribution in [0.5, 0.6) is 0 Å². The van der Waals surface area contributed by atoms with Crippen molar-refractivity contribution in [1.29, 1.82) is 0 Å². The van der Waals surface area contributed by atoms with Crippen molar-refractivity contribution >= 4 is 37.6 Å². The van der Waals surface area contributed by atoms with Gasteiger partial charge in [0.2, 0.25) is 0 Å². The van der Waals surface area contributed by atoms with Crippen LogP contribution in [0.25, 0.3) is 26.1 Å². The highest BCUT2D eigenvalue weighted by Crippen LogP contribution is 2.34.